The third kappa shape index (κ3) is 3.17. The lowest BCUT2D eigenvalue weighted by Crippen LogP contribution is -2.30. The monoisotopic (exact) mass is 389 g/mol. The van der Waals surface area contributed by atoms with Crippen molar-refractivity contribution in [2.24, 2.45) is 0 Å². The van der Waals surface area contributed by atoms with E-state index in [9.17, 15) is 4.79 Å². The van der Waals surface area contributed by atoms with Crippen molar-refractivity contribution in [1.29, 1.82) is 0 Å². The van der Waals surface area contributed by atoms with Crippen molar-refractivity contribution < 1.29 is 9.32 Å². The summed E-state index contributed by atoms with van der Waals surface area (Å²) in [6.07, 6.45) is 0. The Morgan fingerprint density at radius 3 is 2.70 bits per heavy atom. The van der Waals surface area contributed by atoms with Crippen LogP contribution in [0.1, 0.15) is 41.7 Å². The summed E-state index contributed by atoms with van der Waals surface area (Å²) in [5.74, 6) is 0.0486. The summed E-state index contributed by atoms with van der Waals surface area (Å²) in [5.41, 5.74) is 2.01. The minimum atomic E-state index is -0.360. The highest BCUT2D eigenvalue weighted by atomic mass is 127. The lowest BCUT2D eigenvalue weighted by molar-refractivity contribution is 0.0899. The normalized spacial score (nSPS) is 11.1. The van der Waals surface area contributed by atoms with Crippen LogP contribution in [0.2, 0.25) is 0 Å². The average molecular weight is 389 g/mol. The Balaban J connectivity index is 2.13. The topological polar surface area (TPSA) is 85.8 Å². The molecule has 7 nitrogen and oxygen atoms in total. The van der Waals surface area contributed by atoms with Gasteiger partial charge in [0, 0.05) is 11.7 Å². The van der Waals surface area contributed by atoms with Gasteiger partial charge in [-0.15, -0.1) is 0 Å². The maximum atomic E-state index is 11.7. The van der Waals surface area contributed by atoms with Gasteiger partial charge < -0.3 is 9.84 Å². The molecule has 0 atom stereocenters. The van der Waals surface area contributed by atoms with Gasteiger partial charge in [0.1, 0.15) is 6.54 Å². The number of rotatable bonds is 4. The summed E-state index contributed by atoms with van der Waals surface area (Å²) in [6, 6.07) is 0.0236. The van der Waals surface area contributed by atoms with Crippen LogP contribution in [0.15, 0.2) is 4.52 Å². The molecule has 0 aliphatic carbocycles. The molecule has 108 valence electrons. The van der Waals surface area contributed by atoms with E-state index in [2.05, 4.69) is 43.1 Å². The number of hydrogen-bond donors (Lipinski definition) is 1. The predicted octanol–water partition coefficient (Wildman–Crippen LogP) is 1.67. The second-order valence-electron chi connectivity index (χ2n) is 4.79. The highest BCUT2D eigenvalue weighted by Gasteiger charge is 2.17. The minimum absolute atomic E-state index is 0.0232. The lowest BCUT2D eigenvalue weighted by atomic mass is 10.4. The average Bonchev–Trinajstić information content (AvgIpc) is 2.91. The highest BCUT2D eigenvalue weighted by molar-refractivity contribution is 14.1. The fraction of sp³-hybridized carbons (Fsp3) is 0.500. The standard InChI is InChI=1S/C12H16IN5O2/c1-6(2)14-11(19)12-15-9(17-20-12)5-18-8(4)10(13)7(3)16-18/h6H,5H2,1-4H3,(H,14,19). The van der Waals surface area contributed by atoms with Gasteiger partial charge in [0.25, 0.3) is 0 Å². The molecule has 0 saturated heterocycles. The molecule has 8 heteroatoms. The minimum Gasteiger partial charge on any atom is -0.346 e. The van der Waals surface area contributed by atoms with Crippen molar-refractivity contribution in [3.63, 3.8) is 0 Å². The SMILES string of the molecule is Cc1nn(Cc2noc(C(=O)NC(C)C)n2)c(C)c1I. The lowest BCUT2D eigenvalue weighted by Gasteiger charge is -2.03. The number of halogens is 1. The first-order valence-corrected chi connectivity index (χ1v) is 7.29. The zero-order chi connectivity index (χ0) is 14.9. The third-order valence-electron chi connectivity index (χ3n) is 2.67. The van der Waals surface area contributed by atoms with Gasteiger partial charge in [-0.1, -0.05) is 5.16 Å². The molecule has 0 aliphatic rings. The smallest absolute Gasteiger partial charge is 0.316 e. The fourth-order valence-corrected chi connectivity index (χ4v) is 2.08. The van der Waals surface area contributed by atoms with E-state index in [4.69, 9.17) is 4.52 Å². The number of carbonyl (C=O) groups excluding carboxylic acids is 1. The van der Waals surface area contributed by atoms with Gasteiger partial charge >= 0.3 is 11.8 Å². The van der Waals surface area contributed by atoms with Crippen molar-refractivity contribution in [3.05, 3.63) is 26.7 Å². The molecule has 0 aromatic carbocycles. The Labute approximate surface area is 130 Å². The van der Waals surface area contributed by atoms with Crippen molar-refractivity contribution in [3.8, 4) is 0 Å². The largest absolute Gasteiger partial charge is 0.346 e. The third-order valence-corrected chi connectivity index (χ3v) is 4.23. The number of hydrogen-bond acceptors (Lipinski definition) is 5. The second kappa shape index (κ2) is 5.90. The molecular formula is C12H16IN5O2. The first-order chi connectivity index (χ1) is 9.38. The maximum Gasteiger partial charge on any atom is 0.316 e. The molecule has 0 spiro atoms. The summed E-state index contributed by atoms with van der Waals surface area (Å²) in [7, 11) is 0. The van der Waals surface area contributed by atoms with E-state index in [-0.39, 0.29) is 17.8 Å². The maximum absolute atomic E-state index is 11.7. The van der Waals surface area contributed by atoms with E-state index < -0.39 is 0 Å². The van der Waals surface area contributed by atoms with Crippen LogP contribution in [-0.2, 0) is 6.54 Å². The number of aryl methyl sites for hydroxylation is 1. The second-order valence-corrected chi connectivity index (χ2v) is 5.87. The van der Waals surface area contributed by atoms with E-state index in [1.807, 2.05) is 27.7 Å². The number of carbonyl (C=O) groups is 1. The Morgan fingerprint density at radius 2 is 2.15 bits per heavy atom. The van der Waals surface area contributed by atoms with Gasteiger partial charge in [0.15, 0.2) is 5.82 Å². The van der Waals surface area contributed by atoms with Gasteiger partial charge in [0.2, 0.25) is 0 Å². The van der Waals surface area contributed by atoms with E-state index in [0.29, 0.717) is 12.4 Å². The number of aromatic nitrogens is 4. The molecule has 0 aliphatic heterocycles. The van der Waals surface area contributed by atoms with Gasteiger partial charge in [-0.2, -0.15) is 10.1 Å². The summed E-state index contributed by atoms with van der Waals surface area (Å²) >= 11 is 2.25. The van der Waals surface area contributed by atoms with Crippen molar-refractivity contribution in [1.82, 2.24) is 25.2 Å². The van der Waals surface area contributed by atoms with Gasteiger partial charge in [-0.05, 0) is 50.3 Å². The number of amides is 1. The van der Waals surface area contributed by atoms with Crippen LogP contribution in [0.5, 0.6) is 0 Å². The first kappa shape index (κ1) is 14.9. The van der Waals surface area contributed by atoms with E-state index in [0.717, 1.165) is 15.0 Å². The molecule has 2 heterocycles. The van der Waals surface area contributed by atoms with E-state index in [1.54, 1.807) is 4.68 Å². The Morgan fingerprint density at radius 1 is 1.45 bits per heavy atom. The van der Waals surface area contributed by atoms with Crippen LogP contribution >= 0.6 is 22.6 Å². The number of nitrogens with zero attached hydrogens (tertiary/aromatic N) is 4. The van der Waals surface area contributed by atoms with E-state index >= 15 is 0 Å². The molecule has 0 saturated carbocycles. The van der Waals surface area contributed by atoms with Crippen LogP contribution < -0.4 is 5.32 Å². The van der Waals surface area contributed by atoms with Gasteiger partial charge in [-0.3, -0.25) is 9.48 Å². The Hall–Kier alpha value is -1.45. The van der Waals surface area contributed by atoms with E-state index in [1.165, 1.54) is 0 Å². The first-order valence-electron chi connectivity index (χ1n) is 6.21. The quantitative estimate of drug-likeness (QED) is 0.805. The molecule has 1 N–H and O–H groups in total. The summed E-state index contributed by atoms with van der Waals surface area (Å²) in [4.78, 5) is 15.8. The van der Waals surface area contributed by atoms with Crippen LogP contribution in [0.3, 0.4) is 0 Å². The molecule has 2 rings (SSSR count). The summed E-state index contributed by atoms with van der Waals surface area (Å²) in [6.45, 7) is 8.05. The molecule has 0 fully saturated rings. The molecule has 0 radical (unpaired) electrons. The molecule has 2 aromatic heterocycles. The molecule has 20 heavy (non-hydrogen) atoms. The predicted molar refractivity (Wildman–Crippen MR) is 80.4 cm³/mol. The van der Waals surface area contributed by atoms with Crippen molar-refractivity contribution in [2.75, 3.05) is 0 Å². The molecule has 0 unspecified atom stereocenters. The molecule has 2 aromatic rings. The van der Waals surface area contributed by atoms with Crippen LogP contribution in [-0.4, -0.2) is 31.9 Å². The summed E-state index contributed by atoms with van der Waals surface area (Å²) < 4.78 is 7.87. The molecular weight excluding hydrogens is 373 g/mol. The van der Waals surface area contributed by atoms with Gasteiger partial charge in [-0.25, -0.2) is 0 Å². The Kier molecular flexibility index (Phi) is 4.41. The van der Waals surface area contributed by atoms with Crippen LogP contribution in [0.4, 0.5) is 0 Å². The van der Waals surface area contributed by atoms with Crippen molar-refractivity contribution in [2.45, 2.75) is 40.3 Å². The van der Waals surface area contributed by atoms with Crippen molar-refractivity contribution >= 4 is 28.5 Å². The fourth-order valence-electron chi connectivity index (χ4n) is 1.70. The number of nitrogens with one attached hydrogen (secondary N) is 1. The molecule has 1 amide bonds. The van der Waals surface area contributed by atoms with Gasteiger partial charge in [0.05, 0.1) is 9.26 Å². The summed E-state index contributed by atoms with van der Waals surface area (Å²) in [5, 5.41) is 10.9. The zero-order valence-corrected chi connectivity index (χ0v) is 13.9. The molecule has 0 bridgehead atoms. The van der Waals surface area contributed by atoms with Crippen LogP contribution in [0, 0.1) is 17.4 Å². The zero-order valence-electron chi connectivity index (χ0n) is 11.8. The highest BCUT2D eigenvalue weighted by Crippen LogP contribution is 2.15. The Bertz CT molecular complexity index is 632. The van der Waals surface area contributed by atoms with Crippen LogP contribution in [0.25, 0.3) is 0 Å².